The summed E-state index contributed by atoms with van der Waals surface area (Å²) in [7, 11) is -3.37. The highest BCUT2D eigenvalue weighted by Gasteiger charge is 2.32. The Bertz CT molecular complexity index is 1090. The first-order chi connectivity index (χ1) is 13.9. The molecular weight excluding hydrogens is 447 g/mol. The van der Waals surface area contributed by atoms with Gasteiger partial charge in [-0.2, -0.15) is 0 Å². The summed E-state index contributed by atoms with van der Waals surface area (Å²) in [6.45, 7) is 1.36. The van der Waals surface area contributed by atoms with Gasteiger partial charge in [0.15, 0.2) is 15.0 Å². The number of piperidine rings is 1. The molecule has 4 nitrogen and oxygen atoms in total. The highest BCUT2D eigenvalue weighted by molar-refractivity contribution is 7.92. The molecule has 0 saturated carbocycles. The van der Waals surface area contributed by atoms with Crippen LogP contribution in [0, 0.1) is 0 Å². The van der Waals surface area contributed by atoms with Crippen LogP contribution in [0.5, 0.6) is 0 Å². The molecule has 2 heterocycles. The van der Waals surface area contributed by atoms with Crippen molar-refractivity contribution in [1.29, 1.82) is 0 Å². The standard InChI is InChI=1S/C21H20Cl2N2O2S2/c22-16-6-4-15(5-7-16)12-18-14-28-21(24-18)25-10-8-19(9-11-25)29(26,27)20-3-1-2-17(23)13-20/h1-7,13-14,19H,8-12H2. The normalized spacial score (nSPS) is 15.6. The topological polar surface area (TPSA) is 50.3 Å². The number of hydrogen-bond donors (Lipinski definition) is 0. The lowest BCUT2D eigenvalue weighted by Crippen LogP contribution is -2.39. The zero-order valence-corrected chi connectivity index (χ0v) is 18.7. The van der Waals surface area contributed by atoms with Gasteiger partial charge in [0.2, 0.25) is 0 Å². The Balaban J connectivity index is 1.40. The van der Waals surface area contributed by atoms with Crippen LogP contribution in [0.25, 0.3) is 0 Å². The van der Waals surface area contributed by atoms with E-state index in [9.17, 15) is 8.42 Å². The maximum absolute atomic E-state index is 12.9. The minimum atomic E-state index is -3.37. The van der Waals surface area contributed by atoms with Crippen molar-refractivity contribution in [2.45, 2.75) is 29.4 Å². The van der Waals surface area contributed by atoms with Gasteiger partial charge in [0.25, 0.3) is 0 Å². The highest BCUT2D eigenvalue weighted by atomic mass is 35.5. The van der Waals surface area contributed by atoms with Gasteiger partial charge in [0.05, 0.1) is 15.8 Å². The number of thiazole rings is 1. The maximum atomic E-state index is 12.9. The lowest BCUT2D eigenvalue weighted by atomic mass is 10.1. The van der Waals surface area contributed by atoms with E-state index in [4.69, 9.17) is 28.2 Å². The third-order valence-electron chi connectivity index (χ3n) is 5.11. The van der Waals surface area contributed by atoms with E-state index < -0.39 is 9.84 Å². The smallest absolute Gasteiger partial charge is 0.185 e. The number of aromatic nitrogens is 1. The number of anilines is 1. The summed E-state index contributed by atoms with van der Waals surface area (Å²) in [5, 5.41) is 3.81. The molecule has 0 radical (unpaired) electrons. The minimum Gasteiger partial charge on any atom is -0.348 e. The van der Waals surface area contributed by atoms with Crippen molar-refractivity contribution in [2.24, 2.45) is 0 Å². The third kappa shape index (κ3) is 4.77. The van der Waals surface area contributed by atoms with Crippen molar-refractivity contribution in [3.8, 4) is 0 Å². The average molecular weight is 467 g/mol. The molecule has 2 aromatic carbocycles. The van der Waals surface area contributed by atoms with Crippen molar-refractivity contribution in [3.63, 3.8) is 0 Å². The van der Waals surface area contributed by atoms with Crippen LogP contribution in [-0.2, 0) is 16.3 Å². The number of benzene rings is 2. The first-order valence-corrected chi connectivity index (χ1v) is 12.5. The third-order valence-corrected chi connectivity index (χ3v) is 8.81. The Labute approximate surface area is 185 Å². The van der Waals surface area contributed by atoms with E-state index in [0.29, 0.717) is 35.8 Å². The summed E-state index contributed by atoms with van der Waals surface area (Å²) in [6, 6.07) is 14.3. The van der Waals surface area contributed by atoms with Crippen LogP contribution in [0.2, 0.25) is 10.0 Å². The van der Waals surface area contributed by atoms with Crippen LogP contribution < -0.4 is 4.90 Å². The van der Waals surface area contributed by atoms with Gasteiger partial charge in [0.1, 0.15) is 0 Å². The van der Waals surface area contributed by atoms with E-state index in [1.54, 1.807) is 29.5 Å². The average Bonchev–Trinajstić information content (AvgIpc) is 3.18. The van der Waals surface area contributed by atoms with Crippen LogP contribution in [0.4, 0.5) is 5.13 Å². The van der Waals surface area contributed by atoms with Gasteiger partial charge in [-0.15, -0.1) is 11.3 Å². The van der Waals surface area contributed by atoms with Crippen molar-refractivity contribution >= 4 is 49.5 Å². The first kappa shape index (κ1) is 20.7. The summed E-state index contributed by atoms with van der Waals surface area (Å²) in [4.78, 5) is 7.24. The second-order valence-corrected chi connectivity index (χ2v) is 11.1. The summed E-state index contributed by atoms with van der Waals surface area (Å²) >= 11 is 13.5. The summed E-state index contributed by atoms with van der Waals surface area (Å²) in [6.07, 6.45) is 1.93. The Hall–Kier alpha value is -1.60. The minimum absolute atomic E-state index is 0.308. The van der Waals surface area contributed by atoms with Gasteiger partial charge in [-0.05, 0) is 48.7 Å². The number of nitrogens with zero attached hydrogens (tertiary/aromatic N) is 2. The van der Waals surface area contributed by atoms with Crippen molar-refractivity contribution in [2.75, 3.05) is 18.0 Å². The number of rotatable bonds is 5. The molecule has 0 bridgehead atoms. The van der Waals surface area contributed by atoms with Crippen LogP contribution in [-0.4, -0.2) is 31.7 Å². The van der Waals surface area contributed by atoms with E-state index in [1.165, 1.54) is 6.07 Å². The molecule has 29 heavy (non-hydrogen) atoms. The summed E-state index contributed by atoms with van der Waals surface area (Å²) in [5.74, 6) is 0. The van der Waals surface area contributed by atoms with Crippen molar-refractivity contribution in [1.82, 2.24) is 4.98 Å². The second-order valence-electron chi connectivity index (χ2n) is 7.11. The van der Waals surface area contributed by atoms with Gasteiger partial charge in [-0.3, -0.25) is 0 Å². The van der Waals surface area contributed by atoms with Crippen LogP contribution in [0.3, 0.4) is 0 Å². The molecule has 0 N–H and O–H groups in total. The van der Waals surface area contributed by atoms with Crippen molar-refractivity contribution in [3.05, 3.63) is 75.2 Å². The highest BCUT2D eigenvalue weighted by Crippen LogP contribution is 2.30. The molecule has 1 aliphatic heterocycles. The first-order valence-electron chi connectivity index (χ1n) is 9.35. The molecule has 8 heteroatoms. The Morgan fingerprint density at radius 3 is 2.45 bits per heavy atom. The van der Waals surface area contributed by atoms with Gasteiger partial charge in [-0.25, -0.2) is 13.4 Å². The fraction of sp³-hybridized carbons (Fsp3) is 0.286. The Kier molecular flexibility index (Phi) is 6.16. The molecule has 0 unspecified atom stereocenters. The zero-order valence-electron chi connectivity index (χ0n) is 15.6. The number of hydrogen-bond acceptors (Lipinski definition) is 5. The number of sulfone groups is 1. The van der Waals surface area contributed by atoms with Crippen LogP contribution in [0.1, 0.15) is 24.1 Å². The van der Waals surface area contributed by atoms with Gasteiger partial charge in [-0.1, -0.05) is 41.4 Å². The SMILES string of the molecule is O=S(=O)(c1cccc(Cl)c1)C1CCN(c2nc(Cc3ccc(Cl)cc3)cs2)CC1. The molecule has 3 aromatic rings. The zero-order chi connectivity index (χ0) is 20.4. The monoisotopic (exact) mass is 466 g/mol. The second kappa shape index (κ2) is 8.64. The van der Waals surface area contributed by atoms with Crippen molar-refractivity contribution < 1.29 is 8.42 Å². The molecule has 0 amide bonds. The van der Waals surface area contributed by atoms with Crippen LogP contribution in [0.15, 0.2) is 58.8 Å². The van der Waals surface area contributed by atoms with Gasteiger partial charge < -0.3 is 4.90 Å². The Morgan fingerprint density at radius 1 is 1.03 bits per heavy atom. The predicted octanol–water partition coefficient (Wildman–Crippen LogP) is 5.48. The van der Waals surface area contributed by atoms with E-state index in [2.05, 4.69) is 10.3 Å². The quantitative estimate of drug-likeness (QED) is 0.499. The van der Waals surface area contributed by atoms with E-state index in [-0.39, 0.29) is 5.25 Å². The molecule has 0 aliphatic carbocycles. The van der Waals surface area contributed by atoms with Crippen LogP contribution >= 0.6 is 34.5 Å². The van der Waals surface area contributed by atoms with E-state index in [0.717, 1.165) is 27.8 Å². The lowest BCUT2D eigenvalue weighted by molar-refractivity contribution is 0.529. The van der Waals surface area contributed by atoms with Gasteiger partial charge >= 0.3 is 0 Å². The molecule has 1 fully saturated rings. The molecule has 4 rings (SSSR count). The molecule has 152 valence electrons. The van der Waals surface area contributed by atoms with Gasteiger partial charge in [0, 0.05) is 34.9 Å². The summed E-state index contributed by atoms with van der Waals surface area (Å²) in [5.41, 5.74) is 2.18. The fourth-order valence-corrected chi connectivity index (χ4v) is 6.56. The fourth-order valence-electron chi connectivity index (χ4n) is 3.53. The molecule has 1 saturated heterocycles. The maximum Gasteiger partial charge on any atom is 0.185 e. The lowest BCUT2D eigenvalue weighted by Gasteiger charge is -2.31. The van der Waals surface area contributed by atoms with E-state index >= 15 is 0 Å². The molecular formula is C21H20Cl2N2O2S2. The molecule has 1 aromatic heterocycles. The number of halogens is 2. The van der Waals surface area contributed by atoms with E-state index in [1.807, 2.05) is 24.3 Å². The predicted molar refractivity (Wildman–Crippen MR) is 120 cm³/mol. The largest absolute Gasteiger partial charge is 0.348 e. The molecule has 0 atom stereocenters. The molecule has 0 spiro atoms. The Morgan fingerprint density at radius 2 is 1.76 bits per heavy atom. The summed E-state index contributed by atoms with van der Waals surface area (Å²) < 4.78 is 25.8. The molecule has 1 aliphatic rings.